The Morgan fingerprint density at radius 2 is 1.81 bits per heavy atom. The second-order valence-corrected chi connectivity index (χ2v) is 6.80. The zero-order valence-corrected chi connectivity index (χ0v) is 16.7. The van der Waals surface area contributed by atoms with Gasteiger partial charge in [-0.25, -0.2) is 9.67 Å². The van der Waals surface area contributed by atoms with E-state index >= 15 is 0 Å². The summed E-state index contributed by atoms with van der Waals surface area (Å²) < 4.78 is 49.7. The van der Waals surface area contributed by atoms with E-state index in [1.165, 1.54) is 12.1 Å². The number of hydrogen-bond donors (Lipinski definition) is 0. The van der Waals surface area contributed by atoms with Gasteiger partial charge in [-0.1, -0.05) is 23.4 Å². The lowest BCUT2D eigenvalue weighted by atomic mass is 10.1. The van der Waals surface area contributed by atoms with Gasteiger partial charge < -0.3 is 14.0 Å². The highest BCUT2D eigenvalue weighted by Crippen LogP contribution is 2.29. The first kappa shape index (κ1) is 20.5. The molecular formula is C21H18F3N5O2. The molecular weight excluding hydrogens is 411 g/mol. The largest absolute Gasteiger partial charge is 0.573 e. The molecule has 10 heteroatoms. The zero-order chi connectivity index (χ0) is 22.0. The Kier molecular flexibility index (Phi) is 5.37. The van der Waals surface area contributed by atoms with Crippen LogP contribution in [-0.4, -0.2) is 38.0 Å². The van der Waals surface area contributed by atoms with Gasteiger partial charge in [-0.05, 0) is 36.8 Å². The summed E-state index contributed by atoms with van der Waals surface area (Å²) in [5.41, 5.74) is 3.96. The van der Waals surface area contributed by atoms with Crippen molar-refractivity contribution in [2.75, 3.05) is 7.11 Å². The van der Waals surface area contributed by atoms with Crippen molar-refractivity contribution in [3.63, 3.8) is 0 Å². The monoisotopic (exact) mass is 429 g/mol. The van der Waals surface area contributed by atoms with Crippen LogP contribution in [0.3, 0.4) is 0 Å². The van der Waals surface area contributed by atoms with E-state index in [4.69, 9.17) is 4.74 Å². The number of methoxy groups -OCH3 is 1. The Balaban J connectivity index is 1.51. The summed E-state index contributed by atoms with van der Waals surface area (Å²) in [6.07, 6.45) is 0.665. The number of imidazole rings is 1. The molecule has 0 saturated heterocycles. The predicted octanol–water partition coefficient (Wildman–Crippen LogP) is 4.39. The van der Waals surface area contributed by atoms with Crippen LogP contribution in [0.25, 0.3) is 16.9 Å². The maximum atomic E-state index is 12.3. The lowest BCUT2D eigenvalue weighted by molar-refractivity contribution is -0.274. The average molecular weight is 429 g/mol. The Hall–Kier alpha value is -3.82. The maximum Gasteiger partial charge on any atom is 0.573 e. The molecule has 160 valence electrons. The van der Waals surface area contributed by atoms with E-state index in [9.17, 15) is 13.2 Å². The van der Waals surface area contributed by atoms with E-state index in [0.717, 1.165) is 22.5 Å². The van der Waals surface area contributed by atoms with E-state index < -0.39 is 6.36 Å². The first-order valence-corrected chi connectivity index (χ1v) is 9.25. The van der Waals surface area contributed by atoms with E-state index in [2.05, 4.69) is 20.0 Å². The highest BCUT2D eigenvalue weighted by molar-refractivity contribution is 5.64. The van der Waals surface area contributed by atoms with Crippen LogP contribution >= 0.6 is 0 Å². The second-order valence-electron chi connectivity index (χ2n) is 6.80. The lowest BCUT2D eigenvalue weighted by Crippen LogP contribution is -2.17. The summed E-state index contributed by atoms with van der Waals surface area (Å²) in [5, 5.41) is 8.30. The molecule has 7 nitrogen and oxygen atoms in total. The summed E-state index contributed by atoms with van der Waals surface area (Å²) in [5.74, 6) is 0.389. The highest BCUT2D eigenvalue weighted by Gasteiger charge is 2.30. The molecule has 0 N–H and O–H groups in total. The van der Waals surface area contributed by atoms with Gasteiger partial charge in [0, 0.05) is 11.8 Å². The number of aromatic nitrogens is 5. The van der Waals surface area contributed by atoms with Crippen LogP contribution in [0, 0.1) is 6.92 Å². The topological polar surface area (TPSA) is 67.0 Å². The first-order chi connectivity index (χ1) is 14.8. The van der Waals surface area contributed by atoms with Gasteiger partial charge in [-0.2, -0.15) is 0 Å². The molecule has 0 unspecified atom stereocenters. The van der Waals surface area contributed by atoms with Crippen molar-refractivity contribution in [1.29, 1.82) is 0 Å². The predicted molar refractivity (Wildman–Crippen MR) is 106 cm³/mol. The third kappa shape index (κ3) is 4.85. The highest BCUT2D eigenvalue weighted by atomic mass is 19.4. The van der Waals surface area contributed by atoms with Crippen LogP contribution in [0.1, 0.15) is 11.3 Å². The fraction of sp³-hybridized carbons (Fsp3) is 0.190. The molecule has 4 aromatic rings. The lowest BCUT2D eigenvalue weighted by Gasteiger charge is -2.10. The van der Waals surface area contributed by atoms with E-state index in [0.29, 0.717) is 18.0 Å². The number of hydrogen-bond acceptors (Lipinski definition) is 5. The third-order valence-corrected chi connectivity index (χ3v) is 4.51. The molecule has 2 aromatic heterocycles. The molecule has 0 spiro atoms. The minimum atomic E-state index is -4.71. The summed E-state index contributed by atoms with van der Waals surface area (Å²) >= 11 is 0. The molecule has 31 heavy (non-hydrogen) atoms. The number of rotatable bonds is 6. The molecule has 0 fully saturated rings. The molecule has 0 amide bonds. The Morgan fingerprint density at radius 1 is 1.03 bits per heavy atom. The summed E-state index contributed by atoms with van der Waals surface area (Å²) in [6.45, 7) is 2.26. The molecule has 0 bridgehead atoms. The standard InChI is InChI=1S/C21H18F3N5O2/c1-14-10-28(13-25-14)19-8-5-16(9-20(19)30-2)18-12-29(27-26-18)11-15-3-6-17(7-4-15)31-21(22,23)24/h3-10,12-13H,11H2,1-2H3. The van der Waals surface area contributed by atoms with Gasteiger partial charge in [-0.15, -0.1) is 18.3 Å². The van der Waals surface area contributed by atoms with E-state index in [-0.39, 0.29) is 5.75 Å². The molecule has 0 aliphatic rings. The number of benzene rings is 2. The van der Waals surface area contributed by atoms with Gasteiger partial charge in [0.1, 0.15) is 17.2 Å². The normalized spacial score (nSPS) is 11.5. The molecule has 0 atom stereocenters. The smallest absolute Gasteiger partial charge is 0.495 e. The van der Waals surface area contributed by atoms with Crippen LogP contribution in [0.15, 0.2) is 61.2 Å². The molecule has 0 aliphatic heterocycles. The summed E-state index contributed by atoms with van der Waals surface area (Å²) in [6, 6.07) is 11.3. The number of nitrogens with zero attached hydrogens (tertiary/aromatic N) is 5. The Morgan fingerprint density at radius 3 is 2.45 bits per heavy atom. The van der Waals surface area contributed by atoms with E-state index in [1.54, 1.807) is 36.4 Å². The van der Waals surface area contributed by atoms with Gasteiger partial charge >= 0.3 is 6.36 Å². The zero-order valence-electron chi connectivity index (χ0n) is 16.7. The van der Waals surface area contributed by atoms with Gasteiger partial charge in [0.2, 0.25) is 0 Å². The van der Waals surface area contributed by atoms with Crippen molar-refractivity contribution in [3.8, 4) is 28.4 Å². The fourth-order valence-corrected chi connectivity index (χ4v) is 3.09. The van der Waals surface area contributed by atoms with Crippen molar-refractivity contribution in [2.45, 2.75) is 19.8 Å². The van der Waals surface area contributed by atoms with Gasteiger partial charge in [-0.3, -0.25) is 0 Å². The SMILES string of the molecule is COc1cc(-c2cn(Cc3ccc(OC(F)(F)F)cc3)nn2)ccc1-n1cnc(C)c1. The quantitative estimate of drug-likeness (QED) is 0.455. The molecule has 0 aliphatic carbocycles. The number of halogens is 3. The number of aryl methyl sites for hydroxylation is 1. The van der Waals surface area contributed by atoms with Crippen LogP contribution in [0.5, 0.6) is 11.5 Å². The molecule has 0 saturated carbocycles. The van der Waals surface area contributed by atoms with Crippen molar-refractivity contribution >= 4 is 0 Å². The maximum absolute atomic E-state index is 12.3. The van der Waals surface area contributed by atoms with Crippen LogP contribution in [0.4, 0.5) is 13.2 Å². The Labute approximate surface area is 175 Å². The van der Waals surface area contributed by atoms with Gasteiger partial charge in [0.25, 0.3) is 0 Å². The van der Waals surface area contributed by atoms with Crippen molar-refractivity contribution in [3.05, 3.63) is 72.4 Å². The van der Waals surface area contributed by atoms with Crippen LogP contribution in [0.2, 0.25) is 0 Å². The van der Waals surface area contributed by atoms with Crippen molar-refractivity contribution in [1.82, 2.24) is 24.5 Å². The Bertz CT molecular complexity index is 1180. The minimum absolute atomic E-state index is 0.268. The minimum Gasteiger partial charge on any atom is -0.495 e. The van der Waals surface area contributed by atoms with Crippen molar-refractivity contribution in [2.24, 2.45) is 0 Å². The molecule has 2 heterocycles. The average Bonchev–Trinajstić information content (AvgIpc) is 3.37. The number of ether oxygens (including phenoxy) is 2. The molecule has 4 rings (SSSR count). The second kappa shape index (κ2) is 8.13. The van der Waals surface area contributed by atoms with Gasteiger partial charge in [0.15, 0.2) is 0 Å². The van der Waals surface area contributed by atoms with E-state index in [1.807, 2.05) is 35.9 Å². The summed E-state index contributed by atoms with van der Waals surface area (Å²) in [4.78, 5) is 4.23. The van der Waals surface area contributed by atoms with Gasteiger partial charge in [0.05, 0.1) is 37.6 Å². The first-order valence-electron chi connectivity index (χ1n) is 9.25. The van der Waals surface area contributed by atoms with Crippen LogP contribution in [-0.2, 0) is 6.54 Å². The summed E-state index contributed by atoms with van der Waals surface area (Å²) in [7, 11) is 1.59. The van der Waals surface area contributed by atoms with Crippen LogP contribution < -0.4 is 9.47 Å². The fourth-order valence-electron chi connectivity index (χ4n) is 3.09. The third-order valence-electron chi connectivity index (χ3n) is 4.51. The number of alkyl halides is 3. The molecule has 0 radical (unpaired) electrons. The molecule has 2 aromatic carbocycles. The van der Waals surface area contributed by atoms with Crippen molar-refractivity contribution < 1.29 is 22.6 Å².